The molecule has 4 rings (SSSR count). The van der Waals surface area contributed by atoms with E-state index in [2.05, 4.69) is 9.88 Å². The molecule has 1 saturated heterocycles. The minimum Gasteiger partial charge on any atom is -0.389 e. The average molecular weight is 396 g/mol. The molecule has 1 fully saturated rings. The number of fused-ring (bicyclic) bond motifs is 1. The van der Waals surface area contributed by atoms with Crippen LogP contribution in [0.3, 0.4) is 0 Å². The van der Waals surface area contributed by atoms with Crippen molar-refractivity contribution in [2.24, 2.45) is 0 Å². The Morgan fingerprint density at radius 1 is 1.10 bits per heavy atom. The van der Waals surface area contributed by atoms with Gasteiger partial charge in [0.1, 0.15) is 0 Å². The Bertz CT molecular complexity index is 974. The van der Waals surface area contributed by atoms with Crippen LogP contribution in [0.25, 0.3) is 11.0 Å². The van der Waals surface area contributed by atoms with E-state index in [1.165, 1.54) is 0 Å². The average Bonchev–Trinajstić information content (AvgIpc) is 3.09. The zero-order chi connectivity index (χ0) is 20.2. The van der Waals surface area contributed by atoms with E-state index in [1.807, 2.05) is 66.1 Å². The van der Waals surface area contributed by atoms with Crippen LogP contribution in [-0.4, -0.2) is 51.9 Å². The van der Waals surface area contributed by atoms with Crippen molar-refractivity contribution in [1.82, 2.24) is 14.5 Å². The molecule has 0 aliphatic carbocycles. The third-order valence-corrected chi connectivity index (χ3v) is 5.82. The molecule has 1 aliphatic heterocycles. The lowest BCUT2D eigenvalue weighted by molar-refractivity contribution is -0.0189. The summed E-state index contributed by atoms with van der Waals surface area (Å²) in [6.45, 7) is 4.64. The number of imidazole rings is 1. The van der Waals surface area contributed by atoms with Crippen molar-refractivity contribution < 1.29 is 9.84 Å². The fourth-order valence-corrected chi connectivity index (χ4v) is 4.22. The van der Waals surface area contributed by atoms with Crippen molar-refractivity contribution in [2.45, 2.75) is 38.0 Å². The lowest BCUT2D eigenvalue weighted by Gasteiger charge is -2.33. The van der Waals surface area contributed by atoms with Gasteiger partial charge in [0.25, 0.3) is 0 Å². The number of nitrogens with zero attached hydrogens (tertiary/aromatic N) is 2. The summed E-state index contributed by atoms with van der Waals surface area (Å²) in [7, 11) is 0. The zero-order valence-electron chi connectivity index (χ0n) is 16.8. The number of ether oxygens (including phenoxy) is 1. The van der Waals surface area contributed by atoms with Gasteiger partial charge in [0.05, 0.1) is 29.8 Å². The molecular formula is C23H29N3O3. The van der Waals surface area contributed by atoms with Gasteiger partial charge in [0.15, 0.2) is 0 Å². The normalized spacial score (nSPS) is 18.1. The maximum Gasteiger partial charge on any atom is 0.326 e. The van der Waals surface area contributed by atoms with Gasteiger partial charge in [0, 0.05) is 25.7 Å². The van der Waals surface area contributed by atoms with Gasteiger partial charge in [-0.05, 0) is 37.5 Å². The molecule has 0 amide bonds. The van der Waals surface area contributed by atoms with Gasteiger partial charge in [-0.25, -0.2) is 4.79 Å². The summed E-state index contributed by atoms with van der Waals surface area (Å²) in [5.74, 6) is 0. The van der Waals surface area contributed by atoms with Crippen LogP contribution in [0.5, 0.6) is 0 Å². The van der Waals surface area contributed by atoms with Crippen LogP contribution in [0, 0.1) is 0 Å². The van der Waals surface area contributed by atoms with Crippen LogP contribution < -0.4 is 5.69 Å². The van der Waals surface area contributed by atoms with E-state index in [0.717, 1.165) is 42.5 Å². The fourth-order valence-electron chi connectivity index (χ4n) is 4.22. The molecule has 0 saturated carbocycles. The molecule has 1 aromatic heterocycles. The first-order valence-corrected chi connectivity index (χ1v) is 10.4. The second-order valence-electron chi connectivity index (χ2n) is 7.89. The number of aromatic amines is 1. The number of benzene rings is 2. The Morgan fingerprint density at radius 3 is 2.55 bits per heavy atom. The number of β-amino-alcohol motifs (C(OH)–C–C–N with tert-alkyl or cyclic N) is 1. The van der Waals surface area contributed by atoms with Crippen molar-refractivity contribution in [3.05, 3.63) is 70.6 Å². The van der Waals surface area contributed by atoms with Gasteiger partial charge in [0.2, 0.25) is 0 Å². The van der Waals surface area contributed by atoms with E-state index >= 15 is 0 Å². The molecule has 29 heavy (non-hydrogen) atoms. The number of piperidine rings is 1. The lowest BCUT2D eigenvalue weighted by Crippen LogP contribution is -2.41. The summed E-state index contributed by atoms with van der Waals surface area (Å²) in [4.78, 5) is 17.6. The first-order chi connectivity index (χ1) is 14.1. The van der Waals surface area contributed by atoms with E-state index in [-0.39, 0.29) is 17.8 Å². The molecule has 154 valence electrons. The summed E-state index contributed by atoms with van der Waals surface area (Å²) in [6.07, 6.45) is 1.24. The highest BCUT2D eigenvalue weighted by Crippen LogP contribution is 2.25. The van der Waals surface area contributed by atoms with Gasteiger partial charge in [-0.3, -0.25) is 4.57 Å². The summed E-state index contributed by atoms with van der Waals surface area (Å²) < 4.78 is 7.75. The van der Waals surface area contributed by atoms with E-state index in [0.29, 0.717) is 13.2 Å². The van der Waals surface area contributed by atoms with Gasteiger partial charge in [-0.15, -0.1) is 0 Å². The molecule has 2 aromatic carbocycles. The molecule has 0 bridgehead atoms. The van der Waals surface area contributed by atoms with Gasteiger partial charge in [-0.2, -0.15) is 0 Å². The van der Waals surface area contributed by atoms with Crippen LogP contribution in [0.4, 0.5) is 0 Å². The molecule has 2 unspecified atom stereocenters. The quantitative estimate of drug-likeness (QED) is 0.645. The summed E-state index contributed by atoms with van der Waals surface area (Å²) in [5, 5.41) is 10.4. The smallest absolute Gasteiger partial charge is 0.326 e. The number of aliphatic hydroxyl groups is 1. The highest BCUT2D eigenvalue weighted by atomic mass is 16.5. The van der Waals surface area contributed by atoms with Crippen molar-refractivity contribution in [1.29, 1.82) is 0 Å². The van der Waals surface area contributed by atoms with Gasteiger partial charge in [-0.1, -0.05) is 42.5 Å². The van der Waals surface area contributed by atoms with Crippen LogP contribution >= 0.6 is 0 Å². The van der Waals surface area contributed by atoms with E-state index in [4.69, 9.17) is 4.74 Å². The SMILES string of the molecule is CC(OCC(O)CN1CCC(n2c(=O)[nH]c3ccccc32)CC1)c1ccccc1. The summed E-state index contributed by atoms with van der Waals surface area (Å²) in [5.41, 5.74) is 2.94. The van der Waals surface area contributed by atoms with Crippen molar-refractivity contribution in [3.8, 4) is 0 Å². The molecule has 0 radical (unpaired) electrons. The second kappa shape index (κ2) is 8.95. The number of H-pyrrole nitrogens is 1. The molecule has 6 heteroatoms. The Kier molecular flexibility index (Phi) is 6.13. The molecule has 3 aromatic rings. The van der Waals surface area contributed by atoms with Crippen LogP contribution in [0.1, 0.15) is 37.5 Å². The van der Waals surface area contributed by atoms with Gasteiger partial charge >= 0.3 is 5.69 Å². The summed E-state index contributed by atoms with van der Waals surface area (Å²) >= 11 is 0. The van der Waals surface area contributed by atoms with Crippen molar-refractivity contribution in [3.63, 3.8) is 0 Å². The number of likely N-dealkylation sites (tertiary alicyclic amines) is 1. The number of aromatic nitrogens is 2. The maximum absolute atomic E-state index is 12.4. The number of rotatable bonds is 7. The highest BCUT2D eigenvalue weighted by Gasteiger charge is 2.24. The molecule has 1 aliphatic rings. The minimum atomic E-state index is -0.520. The van der Waals surface area contributed by atoms with Gasteiger partial charge < -0.3 is 19.7 Å². The molecule has 6 nitrogen and oxygen atoms in total. The van der Waals surface area contributed by atoms with E-state index in [9.17, 15) is 9.90 Å². The van der Waals surface area contributed by atoms with Crippen LogP contribution in [0.2, 0.25) is 0 Å². The van der Waals surface area contributed by atoms with Crippen LogP contribution in [0.15, 0.2) is 59.4 Å². The molecule has 2 heterocycles. The standard InChI is InChI=1S/C23H29N3O3/c1-17(18-7-3-2-4-8-18)29-16-20(27)15-25-13-11-19(12-14-25)26-22-10-6-5-9-21(22)24-23(26)28/h2-10,17,19-20,27H,11-16H2,1H3,(H,24,28). The number of hydrogen-bond acceptors (Lipinski definition) is 4. The monoisotopic (exact) mass is 395 g/mol. The third kappa shape index (κ3) is 4.61. The number of para-hydroxylation sites is 2. The molecular weight excluding hydrogens is 366 g/mol. The molecule has 0 spiro atoms. The predicted octanol–water partition coefficient (Wildman–Crippen LogP) is 3.11. The third-order valence-electron chi connectivity index (χ3n) is 5.82. The Hall–Kier alpha value is -2.41. The van der Waals surface area contributed by atoms with Crippen molar-refractivity contribution in [2.75, 3.05) is 26.2 Å². The van der Waals surface area contributed by atoms with Crippen molar-refractivity contribution >= 4 is 11.0 Å². The second-order valence-corrected chi connectivity index (χ2v) is 7.89. The Labute approximate surface area is 170 Å². The molecule has 2 atom stereocenters. The lowest BCUT2D eigenvalue weighted by atomic mass is 10.0. The Morgan fingerprint density at radius 2 is 1.79 bits per heavy atom. The van der Waals surface area contributed by atoms with E-state index < -0.39 is 6.10 Å². The largest absolute Gasteiger partial charge is 0.389 e. The number of hydrogen-bond donors (Lipinski definition) is 2. The predicted molar refractivity (Wildman–Crippen MR) is 114 cm³/mol. The Balaban J connectivity index is 1.27. The first kappa shape index (κ1) is 19.9. The fraction of sp³-hybridized carbons (Fsp3) is 0.435. The summed E-state index contributed by atoms with van der Waals surface area (Å²) in [6, 6.07) is 18.1. The topological polar surface area (TPSA) is 70.5 Å². The van der Waals surface area contributed by atoms with E-state index in [1.54, 1.807) is 0 Å². The zero-order valence-corrected chi connectivity index (χ0v) is 16.8. The number of nitrogens with one attached hydrogen (secondary N) is 1. The first-order valence-electron chi connectivity index (χ1n) is 10.4. The van der Waals surface area contributed by atoms with Crippen LogP contribution in [-0.2, 0) is 4.74 Å². The molecule has 2 N–H and O–H groups in total. The minimum absolute atomic E-state index is 0.0343. The highest BCUT2D eigenvalue weighted by molar-refractivity contribution is 5.75. The number of aliphatic hydroxyl groups excluding tert-OH is 1. The maximum atomic E-state index is 12.4.